The number of halogens is 4. The first-order chi connectivity index (χ1) is 13.1. The molecule has 2 nitrogen and oxygen atoms in total. The molecule has 2 N–H and O–H groups in total. The van der Waals surface area contributed by atoms with Gasteiger partial charge in [-0.3, -0.25) is 0 Å². The number of aromatic nitrogens is 2. The van der Waals surface area contributed by atoms with Crippen LogP contribution in [0.25, 0.3) is 22.3 Å². The Labute approximate surface area is 161 Å². The van der Waals surface area contributed by atoms with Crippen LogP contribution in [-0.2, 0) is 19.2 Å². The van der Waals surface area contributed by atoms with Crippen LogP contribution in [-0.4, -0.2) is 9.97 Å². The van der Waals surface area contributed by atoms with Gasteiger partial charge in [-0.2, -0.15) is 0 Å². The molecule has 0 atom stereocenters. The Kier molecular flexibility index (Phi) is 4.76. The van der Waals surface area contributed by atoms with E-state index in [1.165, 1.54) is 12.1 Å². The Morgan fingerprint density at radius 3 is 1.41 bits per heavy atom. The average Bonchev–Trinajstić information content (AvgIpc) is 3.35. The zero-order chi connectivity index (χ0) is 19.0. The minimum atomic E-state index is -1.93. The molecule has 0 unspecified atom stereocenters. The number of H-pyrrole nitrogens is 2. The third-order valence-electron chi connectivity index (χ3n) is 4.25. The summed E-state index contributed by atoms with van der Waals surface area (Å²) in [6.07, 6.45) is 6.39. The average molecular weight is 404 g/mol. The molecule has 0 saturated heterocycles. The van der Waals surface area contributed by atoms with E-state index >= 15 is 0 Å². The van der Waals surface area contributed by atoms with E-state index in [4.69, 9.17) is 0 Å². The van der Waals surface area contributed by atoms with E-state index in [0.717, 1.165) is 12.1 Å². The van der Waals surface area contributed by atoms with Crippen molar-refractivity contribution in [2.75, 3.05) is 0 Å². The zero-order valence-electron chi connectivity index (χ0n) is 13.8. The Balaban J connectivity index is 1.81. The fourth-order valence-electron chi connectivity index (χ4n) is 2.89. The van der Waals surface area contributed by atoms with Gasteiger partial charge in [0.1, 0.15) is 0 Å². The number of nitrogens with one attached hydrogen (secondary N) is 2. The van der Waals surface area contributed by atoms with Gasteiger partial charge in [0.05, 0.1) is 0 Å². The molecule has 0 amide bonds. The van der Waals surface area contributed by atoms with Crippen molar-refractivity contribution >= 4 is 7.74 Å². The van der Waals surface area contributed by atoms with Gasteiger partial charge in [-0.25, -0.2) is 0 Å². The Morgan fingerprint density at radius 2 is 1.04 bits per heavy atom. The van der Waals surface area contributed by atoms with E-state index in [1.54, 1.807) is 36.9 Å². The fraction of sp³-hybridized carbons (Fsp3) is 0. The third kappa shape index (κ3) is 3.26. The molecule has 4 rings (SSSR count). The number of benzene rings is 2. The maximum absolute atomic E-state index is 14.9. The van der Waals surface area contributed by atoms with Crippen LogP contribution in [0, 0.1) is 23.3 Å². The van der Waals surface area contributed by atoms with Crippen molar-refractivity contribution in [2.45, 2.75) is 0 Å². The molecule has 0 spiro atoms. The Morgan fingerprint density at radius 1 is 0.593 bits per heavy atom. The molecule has 0 fully saturated rings. The van der Waals surface area contributed by atoms with Crippen molar-refractivity contribution in [3.8, 4) is 22.3 Å². The quantitative estimate of drug-likeness (QED) is 0.376. The number of hydrogen-bond donors (Lipinski definition) is 2. The van der Waals surface area contributed by atoms with E-state index in [9.17, 15) is 17.6 Å². The van der Waals surface area contributed by atoms with Crippen LogP contribution in [0.1, 0.15) is 0 Å². The van der Waals surface area contributed by atoms with Gasteiger partial charge in [0.15, 0.2) is 0 Å². The van der Waals surface area contributed by atoms with Crippen molar-refractivity contribution in [3.05, 3.63) is 84.5 Å². The van der Waals surface area contributed by atoms with Crippen LogP contribution in [0.3, 0.4) is 0 Å². The zero-order valence-corrected chi connectivity index (χ0v) is 15.3. The summed E-state index contributed by atoms with van der Waals surface area (Å²) in [6.45, 7) is 0. The monoisotopic (exact) mass is 404 g/mol. The van der Waals surface area contributed by atoms with Crippen LogP contribution in [0.15, 0.2) is 61.2 Å². The number of rotatable bonds is 4. The van der Waals surface area contributed by atoms with Crippen molar-refractivity contribution in [3.63, 3.8) is 0 Å². The molecule has 2 heterocycles. The van der Waals surface area contributed by atoms with Gasteiger partial charge >= 0.3 is 161 Å². The first kappa shape index (κ1) is 17.8. The molecular weight excluding hydrogens is 392 g/mol. The molecule has 4 aromatic rings. The van der Waals surface area contributed by atoms with Gasteiger partial charge in [0, 0.05) is 0 Å². The van der Waals surface area contributed by atoms with Crippen molar-refractivity contribution < 1.29 is 36.7 Å². The molecule has 0 aliphatic heterocycles. The Bertz CT molecular complexity index is 1000. The predicted molar refractivity (Wildman–Crippen MR) is 91.6 cm³/mol. The molecule has 0 aliphatic carbocycles. The first-order valence-corrected chi connectivity index (χ1v) is 9.61. The summed E-state index contributed by atoms with van der Waals surface area (Å²) in [5, 5.41) is 0. The van der Waals surface area contributed by atoms with Crippen LogP contribution < -0.4 is 7.74 Å². The first-order valence-electron chi connectivity index (χ1n) is 8.05. The van der Waals surface area contributed by atoms with E-state index < -0.39 is 42.4 Å². The minimum absolute atomic E-state index is 0.194. The maximum atomic E-state index is 14.9. The molecule has 2 aromatic carbocycles. The van der Waals surface area contributed by atoms with Crippen molar-refractivity contribution in [1.82, 2.24) is 9.97 Å². The summed E-state index contributed by atoms with van der Waals surface area (Å²) < 4.78 is 58.0. The van der Waals surface area contributed by atoms with Crippen LogP contribution in [0.4, 0.5) is 17.6 Å². The summed E-state index contributed by atoms with van der Waals surface area (Å²) in [5.41, 5.74) is 1.47. The van der Waals surface area contributed by atoms with Crippen LogP contribution in [0.2, 0.25) is 0 Å². The number of aromatic amines is 2. The molecule has 0 bridgehead atoms. The van der Waals surface area contributed by atoms with Crippen LogP contribution >= 0.6 is 0 Å². The summed E-state index contributed by atoms with van der Waals surface area (Å²) in [5.74, 6) is -3.14. The summed E-state index contributed by atoms with van der Waals surface area (Å²) >= 11 is -1.93. The van der Waals surface area contributed by atoms with Gasteiger partial charge in [-0.05, 0) is 0 Å². The molecule has 0 radical (unpaired) electrons. The van der Waals surface area contributed by atoms with Gasteiger partial charge < -0.3 is 0 Å². The van der Waals surface area contributed by atoms with Crippen molar-refractivity contribution in [2.24, 2.45) is 0 Å². The predicted octanol–water partition coefficient (Wildman–Crippen LogP) is 4.27. The normalized spacial score (nSPS) is 11.0. The molecule has 0 aliphatic rings. The second kappa shape index (κ2) is 7.21. The SMILES string of the molecule is Fc1ccc(-c2cc[nH]c2)c(F)[c]1[Ti][c]1c(F)ccc(-c2cc[nH]c2)c1F. The van der Waals surface area contributed by atoms with Gasteiger partial charge in [0.25, 0.3) is 0 Å². The van der Waals surface area contributed by atoms with E-state index in [2.05, 4.69) is 9.97 Å². The van der Waals surface area contributed by atoms with Crippen LogP contribution in [0.5, 0.6) is 0 Å². The second-order valence-corrected chi connectivity index (χ2v) is 7.84. The molecule has 134 valence electrons. The van der Waals surface area contributed by atoms with E-state index in [0.29, 0.717) is 11.1 Å². The molecular formula is C20H12F4N2Ti. The summed E-state index contributed by atoms with van der Waals surface area (Å²) in [4.78, 5) is 5.61. The summed E-state index contributed by atoms with van der Waals surface area (Å²) in [7, 11) is 0. The molecule has 0 saturated carbocycles. The van der Waals surface area contributed by atoms with Gasteiger partial charge in [-0.15, -0.1) is 0 Å². The van der Waals surface area contributed by atoms with Gasteiger partial charge in [-0.1, -0.05) is 0 Å². The molecule has 2 aromatic heterocycles. The topological polar surface area (TPSA) is 31.6 Å². The van der Waals surface area contributed by atoms with Gasteiger partial charge in [0.2, 0.25) is 0 Å². The Hall–Kier alpha value is -2.57. The standard InChI is InChI=1S/2C10H6F2N.Ti/c2*11-8-1-2-9(10(12)5-8)7-3-4-13-6-7;/h2*1-4,6,13H;. The van der Waals surface area contributed by atoms with Crippen molar-refractivity contribution in [1.29, 1.82) is 0 Å². The summed E-state index contributed by atoms with van der Waals surface area (Å²) in [6, 6.07) is 8.21. The fourth-order valence-corrected chi connectivity index (χ4v) is 4.67. The molecule has 7 heteroatoms. The van der Waals surface area contributed by atoms with E-state index in [1.807, 2.05) is 0 Å². The number of hydrogen-bond acceptors (Lipinski definition) is 0. The third-order valence-corrected chi connectivity index (χ3v) is 6.46. The molecule has 27 heavy (non-hydrogen) atoms. The second-order valence-electron chi connectivity index (χ2n) is 5.89. The van der Waals surface area contributed by atoms with E-state index in [-0.39, 0.29) is 18.9 Å².